The van der Waals surface area contributed by atoms with Crippen molar-refractivity contribution in [2.45, 2.75) is 23.5 Å². The molecule has 1 aromatic rings. The molecular formula is C13H18N2O5S. The van der Waals surface area contributed by atoms with Crippen LogP contribution in [0.1, 0.15) is 12.8 Å². The lowest BCUT2D eigenvalue weighted by atomic mass is 10.0. The Morgan fingerprint density at radius 1 is 1.19 bits per heavy atom. The number of hydrogen-bond donors (Lipinski definition) is 3. The highest BCUT2D eigenvalue weighted by Crippen LogP contribution is 2.32. The first kappa shape index (κ1) is 14.6. The van der Waals surface area contributed by atoms with Gasteiger partial charge in [-0.1, -0.05) is 0 Å². The number of piperidine rings is 1. The van der Waals surface area contributed by atoms with Crippen molar-refractivity contribution < 1.29 is 23.4 Å². The van der Waals surface area contributed by atoms with E-state index >= 15 is 0 Å². The van der Waals surface area contributed by atoms with Gasteiger partial charge in [-0.3, -0.25) is 5.32 Å². The van der Waals surface area contributed by atoms with E-state index in [1.54, 1.807) is 0 Å². The van der Waals surface area contributed by atoms with Crippen LogP contribution < -0.4 is 5.32 Å². The van der Waals surface area contributed by atoms with Gasteiger partial charge in [-0.25, -0.2) is 8.42 Å². The molecule has 0 radical (unpaired) electrons. The maximum Gasteiger partial charge on any atom is 0.243 e. The monoisotopic (exact) mass is 314 g/mol. The first-order valence-corrected chi connectivity index (χ1v) is 8.28. The highest BCUT2D eigenvalue weighted by Gasteiger charge is 2.41. The molecule has 8 heteroatoms. The molecule has 0 amide bonds. The Morgan fingerprint density at radius 3 is 2.48 bits per heavy atom. The minimum absolute atomic E-state index is 0.0194. The molecule has 21 heavy (non-hydrogen) atoms. The van der Waals surface area contributed by atoms with Crippen molar-refractivity contribution in [2.24, 2.45) is 0 Å². The normalized spacial score (nSPS) is 22.7. The molecule has 0 aliphatic carbocycles. The molecule has 2 heterocycles. The summed E-state index contributed by atoms with van der Waals surface area (Å²) in [5.74, 6) is -0.777. The predicted octanol–water partition coefficient (Wildman–Crippen LogP) is 0.198. The maximum absolute atomic E-state index is 12.5. The van der Waals surface area contributed by atoms with Gasteiger partial charge in [-0.2, -0.15) is 4.31 Å². The van der Waals surface area contributed by atoms with Crippen LogP contribution in [0.25, 0.3) is 0 Å². The van der Waals surface area contributed by atoms with Gasteiger partial charge in [0.05, 0.1) is 11.5 Å². The number of ether oxygens (including phenoxy) is 1. The Morgan fingerprint density at radius 2 is 1.90 bits per heavy atom. The average molecular weight is 314 g/mol. The third-order valence-electron chi connectivity index (χ3n) is 4.04. The lowest BCUT2D eigenvalue weighted by Gasteiger charge is -2.37. The van der Waals surface area contributed by atoms with Crippen LogP contribution in [0.2, 0.25) is 0 Å². The summed E-state index contributed by atoms with van der Waals surface area (Å²) in [5, 5.41) is 22.0. The SMILES string of the molecule is O=S(=O)(c1ccc(O)c(O)c1)N1CCC2(CC1)NCCO2. The summed E-state index contributed by atoms with van der Waals surface area (Å²) in [6.45, 7) is 2.16. The number of phenolic OH excluding ortho intramolecular Hbond substituents is 2. The summed E-state index contributed by atoms with van der Waals surface area (Å²) in [6.07, 6.45) is 1.19. The Kier molecular flexibility index (Phi) is 3.56. The Bertz CT molecular complexity index is 630. The highest BCUT2D eigenvalue weighted by molar-refractivity contribution is 7.89. The summed E-state index contributed by atoms with van der Waals surface area (Å²) in [6, 6.07) is 3.54. The third kappa shape index (κ3) is 2.59. The van der Waals surface area contributed by atoms with Crippen molar-refractivity contribution in [2.75, 3.05) is 26.2 Å². The molecule has 116 valence electrons. The number of hydrogen-bond acceptors (Lipinski definition) is 6. The van der Waals surface area contributed by atoms with Gasteiger partial charge in [-0.05, 0) is 12.1 Å². The van der Waals surface area contributed by atoms with E-state index in [4.69, 9.17) is 4.74 Å². The van der Waals surface area contributed by atoms with E-state index in [2.05, 4.69) is 5.32 Å². The van der Waals surface area contributed by atoms with E-state index in [-0.39, 0.29) is 16.4 Å². The molecule has 7 nitrogen and oxygen atoms in total. The lowest BCUT2D eigenvalue weighted by Crippen LogP contribution is -2.52. The highest BCUT2D eigenvalue weighted by atomic mass is 32.2. The molecule has 3 N–H and O–H groups in total. The molecule has 1 spiro atoms. The standard InChI is InChI=1S/C13H18N2O5S/c16-11-2-1-10(9-12(11)17)21(18,19)15-6-3-13(4-7-15)14-5-8-20-13/h1-2,9,14,16-17H,3-8H2. The minimum atomic E-state index is -3.67. The average Bonchev–Trinajstić information content (AvgIpc) is 2.90. The Hall–Kier alpha value is -1.35. The van der Waals surface area contributed by atoms with E-state index < -0.39 is 15.8 Å². The fourth-order valence-electron chi connectivity index (χ4n) is 2.80. The largest absolute Gasteiger partial charge is 0.504 e. The van der Waals surface area contributed by atoms with Crippen LogP contribution in [0.15, 0.2) is 23.1 Å². The first-order chi connectivity index (χ1) is 9.93. The molecular weight excluding hydrogens is 296 g/mol. The van der Waals surface area contributed by atoms with Crippen LogP contribution in [-0.4, -0.2) is 54.9 Å². The Balaban J connectivity index is 1.78. The van der Waals surface area contributed by atoms with Gasteiger partial charge in [0, 0.05) is 38.5 Å². The van der Waals surface area contributed by atoms with Crippen LogP contribution >= 0.6 is 0 Å². The molecule has 0 aromatic heterocycles. The van der Waals surface area contributed by atoms with Gasteiger partial charge < -0.3 is 14.9 Å². The zero-order valence-corrected chi connectivity index (χ0v) is 12.3. The quantitative estimate of drug-likeness (QED) is 0.674. The molecule has 1 aromatic carbocycles. The predicted molar refractivity (Wildman–Crippen MR) is 74.5 cm³/mol. The smallest absolute Gasteiger partial charge is 0.243 e. The lowest BCUT2D eigenvalue weighted by molar-refractivity contribution is -0.0445. The van der Waals surface area contributed by atoms with Gasteiger partial charge in [0.2, 0.25) is 10.0 Å². The van der Waals surface area contributed by atoms with Gasteiger partial charge in [-0.15, -0.1) is 0 Å². The van der Waals surface area contributed by atoms with E-state index in [0.29, 0.717) is 32.5 Å². The second-order valence-electron chi connectivity index (χ2n) is 5.32. The van der Waals surface area contributed by atoms with E-state index in [1.165, 1.54) is 16.4 Å². The zero-order chi connectivity index (χ0) is 15.1. The number of rotatable bonds is 2. The summed E-state index contributed by atoms with van der Waals surface area (Å²) in [5.41, 5.74) is -0.386. The number of sulfonamides is 1. The molecule has 0 saturated carbocycles. The number of aromatic hydroxyl groups is 2. The molecule has 2 aliphatic heterocycles. The summed E-state index contributed by atoms with van der Waals surface area (Å²) in [4.78, 5) is -0.0194. The molecule has 0 atom stereocenters. The van der Waals surface area contributed by atoms with Crippen LogP contribution in [-0.2, 0) is 14.8 Å². The molecule has 0 bridgehead atoms. The number of phenols is 2. The molecule has 2 aliphatic rings. The second-order valence-corrected chi connectivity index (χ2v) is 7.26. The van der Waals surface area contributed by atoms with Gasteiger partial charge in [0.1, 0.15) is 5.72 Å². The van der Waals surface area contributed by atoms with Gasteiger partial charge >= 0.3 is 0 Å². The molecule has 0 unspecified atom stereocenters. The zero-order valence-electron chi connectivity index (χ0n) is 11.4. The van der Waals surface area contributed by atoms with Crippen LogP contribution in [0, 0.1) is 0 Å². The second kappa shape index (κ2) is 5.13. The third-order valence-corrected chi connectivity index (χ3v) is 5.94. The van der Waals surface area contributed by atoms with Crippen molar-refractivity contribution in [3.8, 4) is 11.5 Å². The van der Waals surface area contributed by atoms with Gasteiger partial charge in [0.15, 0.2) is 11.5 Å². The van der Waals surface area contributed by atoms with Crippen molar-refractivity contribution in [1.29, 1.82) is 0 Å². The van der Waals surface area contributed by atoms with Crippen molar-refractivity contribution in [1.82, 2.24) is 9.62 Å². The number of benzene rings is 1. The summed E-state index contributed by atoms with van der Waals surface area (Å²) in [7, 11) is -3.67. The van der Waals surface area contributed by atoms with E-state index in [1.807, 2.05) is 0 Å². The maximum atomic E-state index is 12.5. The van der Waals surface area contributed by atoms with E-state index in [0.717, 1.165) is 12.6 Å². The van der Waals surface area contributed by atoms with Crippen LogP contribution in [0.4, 0.5) is 0 Å². The van der Waals surface area contributed by atoms with Crippen LogP contribution in [0.3, 0.4) is 0 Å². The summed E-state index contributed by atoms with van der Waals surface area (Å²) < 4.78 is 32.1. The fraction of sp³-hybridized carbons (Fsp3) is 0.538. The van der Waals surface area contributed by atoms with Crippen molar-refractivity contribution >= 4 is 10.0 Å². The topological polar surface area (TPSA) is 99.1 Å². The molecule has 2 fully saturated rings. The fourth-order valence-corrected chi connectivity index (χ4v) is 4.26. The van der Waals surface area contributed by atoms with Crippen molar-refractivity contribution in [3.63, 3.8) is 0 Å². The Labute approximate surface area is 123 Å². The number of nitrogens with zero attached hydrogens (tertiary/aromatic N) is 1. The van der Waals surface area contributed by atoms with E-state index in [9.17, 15) is 18.6 Å². The number of nitrogens with one attached hydrogen (secondary N) is 1. The minimum Gasteiger partial charge on any atom is -0.504 e. The molecule has 3 rings (SSSR count). The van der Waals surface area contributed by atoms with Crippen molar-refractivity contribution in [3.05, 3.63) is 18.2 Å². The summed E-state index contributed by atoms with van der Waals surface area (Å²) >= 11 is 0. The van der Waals surface area contributed by atoms with Crippen LogP contribution in [0.5, 0.6) is 11.5 Å². The van der Waals surface area contributed by atoms with Gasteiger partial charge in [0.25, 0.3) is 0 Å². The first-order valence-electron chi connectivity index (χ1n) is 6.84. The molecule has 2 saturated heterocycles.